The second-order valence-electron chi connectivity index (χ2n) is 2.10. The van der Waals surface area contributed by atoms with Gasteiger partial charge in [-0.1, -0.05) is 6.08 Å². The maximum Gasteiger partial charge on any atom is 0.0957 e. The van der Waals surface area contributed by atoms with Crippen molar-refractivity contribution >= 4 is 18.2 Å². The molecule has 0 saturated carbocycles. The second kappa shape index (κ2) is 9.50. The fourth-order valence-corrected chi connectivity index (χ4v) is 0.762. The van der Waals surface area contributed by atoms with Crippen molar-refractivity contribution < 1.29 is 0 Å². The summed E-state index contributed by atoms with van der Waals surface area (Å²) < 4.78 is 0. The molecule has 2 nitrogen and oxygen atoms in total. The van der Waals surface area contributed by atoms with Crippen molar-refractivity contribution in [1.29, 1.82) is 0 Å². The van der Waals surface area contributed by atoms with Gasteiger partial charge in [-0.25, -0.2) is 0 Å². The zero-order valence-electron chi connectivity index (χ0n) is 7.26. The first-order valence-corrected chi connectivity index (χ1v) is 3.59. The molecule has 0 atom stereocenters. The molecule has 0 aromatic rings. The monoisotopic (exact) mass is 176 g/mol. The Hall–Kier alpha value is -0.500. The van der Waals surface area contributed by atoms with Crippen LogP contribution in [-0.2, 0) is 0 Å². The van der Waals surface area contributed by atoms with Crippen molar-refractivity contribution in [2.24, 2.45) is 4.99 Å². The Kier molecular flexibility index (Phi) is 11.3. The maximum atomic E-state index is 4.05. The molecule has 11 heavy (non-hydrogen) atoms. The van der Waals surface area contributed by atoms with E-state index in [4.69, 9.17) is 0 Å². The zero-order valence-corrected chi connectivity index (χ0v) is 8.08. The smallest absolute Gasteiger partial charge is 0.0957 e. The number of halogens is 1. The zero-order chi connectivity index (χ0) is 7.82. The Morgan fingerprint density at radius 1 is 1.64 bits per heavy atom. The molecule has 0 aliphatic carbocycles. The van der Waals surface area contributed by atoms with Crippen molar-refractivity contribution in [2.45, 2.75) is 19.3 Å². The van der Waals surface area contributed by atoms with E-state index in [1.807, 2.05) is 13.1 Å². The Bertz CT molecular complexity index is 121. The average Bonchev–Trinajstić information content (AvgIpc) is 1.99. The van der Waals surface area contributed by atoms with Gasteiger partial charge < -0.3 is 5.32 Å². The molecule has 0 aliphatic heterocycles. The minimum absolute atomic E-state index is 0. The summed E-state index contributed by atoms with van der Waals surface area (Å²) in [5, 5.41) is 3.03. The van der Waals surface area contributed by atoms with Gasteiger partial charge in [0.25, 0.3) is 0 Å². The normalized spacial score (nSPS) is 10.2. The lowest BCUT2D eigenvalue weighted by atomic mass is 10.2. The van der Waals surface area contributed by atoms with Gasteiger partial charge in [-0.3, -0.25) is 4.99 Å². The third-order valence-corrected chi connectivity index (χ3v) is 1.38. The fraction of sp³-hybridized carbons (Fsp3) is 0.625. The molecule has 0 amide bonds. The van der Waals surface area contributed by atoms with E-state index in [-0.39, 0.29) is 12.4 Å². The van der Waals surface area contributed by atoms with E-state index in [2.05, 4.69) is 16.9 Å². The van der Waals surface area contributed by atoms with Crippen LogP contribution in [0.25, 0.3) is 0 Å². The minimum atomic E-state index is 0. The summed E-state index contributed by atoms with van der Waals surface area (Å²) in [7, 11) is 3.70. The third-order valence-electron chi connectivity index (χ3n) is 1.38. The second-order valence-corrected chi connectivity index (χ2v) is 2.10. The lowest BCUT2D eigenvalue weighted by Crippen LogP contribution is -2.17. The molecule has 66 valence electrons. The van der Waals surface area contributed by atoms with Gasteiger partial charge in [0.2, 0.25) is 0 Å². The molecule has 0 aromatic heterocycles. The summed E-state index contributed by atoms with van der Waals surface area (Å²) in [6.45, 7) is 3.65. The van der Waals surface area contributed by atoms with Gasteiger partial charge in [-0.2, -0.15) is 0 Å². The number of hydrogen-bond acceptors (Lipinski definition) is 1. The summed E-state index contributed by atoms with van der Waals surface area (Å²) in [4.78, 5) is 4.05. The van der Waals surface area contributed by atoms with Crippen LogP contribution in [0.5, 0.6) is 0 Å². The first-order valence-electron chi connectivity index (χ1n) is 3.59. The molecule has 0 aromatic carbocycles. The average molecular weight is 177 g/mol. The topological polar surface area (TPSA) is 24.4 Å². The number of nitrogens with one attached hydrogen (secondary N) is 1. The lowest BCUT2D eigenvalue weighted by Gasteiger charge is -2.01. The summed E-state index contributed by atoms with van der Waals surface area (Å²) in [5.74, 6) is 1.07. The SMILES string of the molecule is C=CCCCC(=NC)NC.Cl. The van der Waals surface area contributed by atoms with Crippen molar-refractivity contribution in [2.75, 3.05) is 14.1 Å². The summed E-state index contributed by atoms with van der Waals surface area (Å²) in [6, 6.07) is 0. The van der Waals surface area contributed by atoms with E-state index in [1.54, 1.807) is 7.05 Å². The van der Waals surface area contributed by atoms with E-state index in [0.29, 0.717) is 0 Å². The predicted molar refractivity (Wildman–Crippen MR) is 53.7 cm³/mol. The number of rotatable bonds is 4. The van der Waals surface area contributed by atoms with Crippen LogP contribution in [0.2, 0.25) is 0 Å². The van der Waals surface area contributed by atoms with Crippen LogP contribution in [0.1, 0.15) is 19.3 Å². The number of unbranched alkanes of at least 4 members (excludes halogenated alkanes) is 1. The number of amidine groups is 1. The van der Waals surface area contributed by atoms with Gasteiger partial charge in [-0.15, -0.1) is 19.0 Å². The van der Waals surface area contributed by atoms with E-state index in [0.717, 1.165) is 25.1 Å². The van der Waals surface area contributed by atoms with E-state index < -0.39 is 0 Å². The Balaban J connectivity index is 0. The lowest BCUT2D eigenvalue weighted by molar-refractivity contribution is 0.867. The maximum absolute atomic E-state index is 4.05. The van der Waals surface area contributed by atoms with Gasteiger partial charge >= 0.3 is 0 Å². The molecule has 3 heteroatoms. The molecule has 0 saturated heterocycles. The van der Waals surface area contributed by atoms with E-state index in [1.165, 1.54) is 0 Å². The molecule has 0 fully saturated rings. The highest BCUT2D eigenvalue weighted by Crippen LogP contribution is 1.95. The summed E-state index contributed by atoms with van der Waals surface area (Å²) in [6.07, 6.45) is 5.17. The molecule has 0 bridgehead atoms. The van der Waals surface area contributed by atoms with Gasteiger partial charge in [-0.05, 0) is 12.8 Å². The predicted octanol–water partition coefficient (Wildman–Crippen LogP) is 2.01. The number of allylic oxidation sites excluding steroid dienone is 1. The molecular weight excluding hydrogens is 160 g/mol. The number of aliphatic imine (C=N–C) groups is 1. The molecule has 0 unspecified atom stereocenters. The highest BCUT2D eigenvalue weighted by atomic mass is 35.5. The molecule has 0 aliphatic rings. The Labute approximate surface area is 75.2 Å². The fourth-order valence-electron chi connectivity index (χ4n) is 0.762. The molecule has 0 heterocycles. The highest BCUT2D eigenvalue weighted by molar-refractivity contribution is 5.85. The summed E-state index contributed by atoms with van der Waals surface area (Å²) >= 11 is 0. The first-order chi connectivity index (χ1) is 4.85. The van der Waals surface area contributed by atoms with Crippen LogP contribution >= 0.6 is 12.4 Å². The van der Waals surface area contributed by atoms with Crippen LogP contribution in [-0.4, -0.2) is 19.9 Å². The highest BCUT2D eigenvalue weighted by Gasteiger charge is 1.91. The van der Waals surface area contributed by atoms with Crippen LogP contribution in [0.3, 0.4) is 0 Å². The van der Waals surface area contributed by atoms with Crippen LogP contribution in [0.15, 0.2) is 17.6 Å². The van der Waals surface area contributed by atoms with Gasteiger partial charge in [0, 0.05) is 20.5 Å². The standard InChI is InChI=1S/C8H16N2.ClH/c1-4-5-6-7-8(9-2)10-3;/h4H,1,5-7H2,2-3H3,(H,9,10);1H. The summed E-state index contributed by atoms with van der Waals surface area (Å²) in [5.41, 5.74) is 0. The van der Waals surface area contributed by atoms with Crippen molar-refractivity contribution in [3.63, 3.8) is 0 Å². The van der Waals surface area contributed by atoms with Crippen molar-refractivity contribution in [3.05, 3.63) is 12.7 Å². The van der Waals surface area contributed by atoms with Crippen LogP contribution < -0.4 is 5.32 Å². The van der Waals surface area contributed by atoms with E-state index in [9.17, 15) is 0 Å². The molecule has 1 N–H and O–H groups in total. The third kappa shape index (κ3) is 7.40. The van der Waals surface area contributed by atoms with Crippen LogP contribution in [0, 0.1) is 0 Å². The Morgan fingerprint density at radius 3 is 2.64 bits per heavy atom. The van der Waals surface area contributed by atoms with Gasteiger partial charge in [0.05, 0.1) is 5.84 Å². The number of nitrogens with zero attached hydrogens (tertiary/aromatic N) is 1. The molecule has 0 radical (unpaired) electrons. The molecule has 0 spiro atoms. The van der Waals surface area contributed by atoms with Crippen LogP contribution in [0.4, 0.5) is 0 Å². The minimum Gasteiger partial charge on any atom is -0.377 e. The quantitative estimate of drug-likeness (QED) is 0.301. The van der Waals surface area contributed by atoms with Crippen molar-refractivity contribution in [3.8, 4) is 0 Å². The molecule has 0 rings (SSSR count). The first kappa shape index (κ1) is 13.1. The van der Waals surface area contributed by atoms with Gasteiger partial charge in [0.1, 0.15) is 0 Å². The Morgan fingerprint density at radius 2 is 2.27 bits per heavy atom. The number of hydrogen-bond donors (Lipinski definition) is 1. The largest absolute Gasteiger partial charge is 0.377 e. The van der Waals surface area contributed by atoms with Gasteiger partial charge in [0.15, 0.2) is 0 Å². The van der Waals surface area contributed by atoms with Crippen molar-refractivity contribution in [1.82, 2.24) is 5.32 Å². The molecular formula is C8H17ClN2. The van der Waals surface area contributed by atoms with E-state index >= 15 is 0 Å².